The molecule has 0 aliphatic heterocycles. The summed E-state index contributed by atoms with van der Waals surface area (Å²) >= 11 is 0. The van der Waals surface area contributed by atoms with Crippen LogP contribution in [0.25, 0.3) is 11.0 Å². The Bertz CT molecular complexity index is 361. The van der Waals surface area contributed by atoms with E-state index in [0.717, 1.165) is 11.0 Å². The first-order chi connectivity index (χ1) is 6.20. The van der Waals surface area contributed by atoms with Crippen LogP contribution in [0.15, 0.2) is 41.0 Å². The minimum Gasteiger partial charge on any atom is -0.464 e. The second kappa shape index (κ2) is 4.15. The monoisotopic (exact) mass is 178 g/mol. The molecule has 0 spiro atoms. The number of fused-ring (bicyclic) bond motifs is 1. The Morgan fingerprint density at radius 1 is 1.15 bits per heavy atom. The van der Waals surface area contributed by atoms with E-state index in [1.807, 2.05) is 30.3 Å². The summed E-state index contributed by atoms with van der Waals surface area (Å²) in [5, 5.41) is 1.16. The van der Waals surface area contributed by atoms with Crippen LogP contribution in [0.5, 0.6) is 0 Å². The molecule has 4 nitrogen and oxygen atoms in total. The summed E-state index contributed by atoms with van der Waals surface area (Å²) in [4.78, 5) is 9.00. The van der Waals surface area contributed by atoms with E-state index in [1.165, 1.54) is 0 Å². The normalized spacial score (nSPS) is 8.92. The molecule has 68 valence electrons. The summed E-state index contributed by atoms with van der Waals surface area (Å²) in [5.74, 6) is 0. The Labute approximate surface area is 75.1 Å². The first-order valence-electron chi connectivity index (χ1n) is 3.67. The van der Waals surface area contributed by atoms with E-state index >= 15 is 0 Å². The molecular formula is C9H10N2O2. The van der Waals surface area contributed by atoms with Crippen molar-refractivity contribution in [3.05, 3.63) is 36.6 Å². The standard InChI is InChI=1S/C8H6O.CH4N2O/c1-2-4-8-7(3-1)5-6-9-8;2-1(3)4/h1-6H;(H4,2,3,4). The zero-order valence-electron chi connectivity index (χ0n) is 6.94. The van der Waals surface area contributed by atoms with Crippen molar-refractivity contribution in [1.82, 2.24) is 0 Å². The van der Waals surface area contributed by atoms with Crippen LogP contribution in [-0.4, -0.2) is 6.03 Å². The van der Waals surface area contributed by atoms with Crippen LogP contribution in [0.3, 0.4) is 0 Å². The first kappa shape index (κ1) is 9.12. The molecule has 0 bridgehead atoms. The first-order valence-corrected chi connectivity index (χ1v) is 3.67. The van der Waals surface area contributed by atoms with E-state index in [9.17, 15) is 0 Å². The van der Waals surface area contributed by atoms with Crippen LogP contribution in [0.1, 0.15) is 0 Å². The number of furan rings is 1. The highest BCUT2D eigenvalue weighted by Gasteiger charge is 1.89. The highest BCUT2D eigenvalue weighted by atomic mass is 16.3. The predicted octanol–water partition coefficient (Wildman–Crippen LogP) is 1.46. The van der Waals surface area contributed by atoms with E-state index in [1.54, 1.807) is 6.26 Å². The molecule has 13 heavy (non-hydrogen) atoms. The van der Waals surface area contributed by atoms with E-state index in [4.69, 9.17) is 9.21 Å². The molecule has 1 aromatic heterocycles. The van der Waals surface area contributed by atoms with Gasteiger partial charge in [-0.2, -0.15) is 0 Å². The lowest BCUT2D eigenvalue weighted by atomic mass is 10.3. The van der Waals surface area contributed by atoms with Crippen molar-refractivity contribution >= 4 is 17.0 Å². The van der Waals surface area contributed by atoms with Crippen LogP contribution in [0.2, 0.25) is 0 Å². The number of hydrogen-bond donors (Lipinski definition) is 2. The number of primary amides is 2. The molecule has 2 aromatic rings. The topological polar surface area (TPSA) is 82.2 Å². The molecule has 0 atom stereocenters. The fourth-order valence-electron chi connectivity index (χ4n) is 0.906. The van der Waals surface area contributed by atoms with E-state index in [0.29, 0.717) is 0 Å². The number of rotatable bonds is 0. The average molecular weight is 178 g/mol. The zero-order valence-corrected chi connectivity index (χ0v) is 6.94. The van der Waals surface area contributed by atoms with Gasteiger partial charge in [0.25, 0.3) is 0 Å². The van der Waals surface area contributed by atoms with Crippen molar-refractivity contribution in [1.29, 1.82) is 0 Å². The maximum Gasteiger partial charge on any atom is 0.309 e. The Hall–Kier alpha value is -1.97. The SMILES string of the molecule is NC(N)=O.c1ccc2occc2c1. The number of hydrogen-bond acceptors (Lipinski definition) is 2. The Morgan fingerprint density at radius 2 is 1.77 bits per heavy atom. The number of benzene rings is 1. The minimum atomic E-state index is -0.833. The van der Waals surface area contributed by atoms with Crippen molar-refractivity contribution in [3.63, 3.8) is 0 Å². The number of urea groups is 1. The molecule has 0 saturated carbocycles. The second-order valence-electron chi connectivity index (χ2n) is 2.36. The van der Waals surface area contributed by atoms with Gasteiger partial charge < -0.3 is 15.9 Å². The molecular weight excluding hydrogens is 168 g/mol. The molecule has 0 saturated heterocycles. The summed E-state index contributed by atoms with van der Waals surface area (Å²) in [7, 11) is 0. The molecule has 4 heteroatoms. The van der Waals surface area contributed by atoms with Gasteiger partial charge in [-0.05, 0) is 12.1 Å². The Balaban J connectivity index is 0.000000184. The number of nitrogens with two attached hydrogens (primary N) is 2. The number of para-hydroxylation sites is 1. The van der Waals surface area contributed by atoms with E-state index in [2.05, 4.69) is 11.5 Å². The van der Waals surface area contributed by atoms with Crippen molar-refractivity contribution in [2.24, 2.45) is 11.5 Å². The van der Waals surface area contributed by atoms with Gasteiger partial charge in [-0.3, -0.25) is 0 Å². The van der Waals surface area contributed by atoms with Gasteiger partial charge in [0.2, 0.25) is 0 Å². The van der Waals surface area contributed by atoms with Crippen LogP contribution >= 0.6 is 0 Å². The summed E-state index contributed by atoms with van der Waals surface area (Å²) in [6.45, 7) is 0. The quantitative estimate of drug-likeness (QED) is 0.640. The zero-order chi connectivity index (χ0) is 9.68. The second-order valence-corrected chi connectivity index (χ2v) is 2.36. The summed E-state index contributed by atoms with van der Waals surface area (Å²) in [6, 6.07) is 9.06. The van der Waals surface area contributed by atoms with Crippen LogP contribution in [-0.2, 0) is 0 Å². The van der Waals surface area contributed by atoms with Gasteiger partial charge in [0.1, 0.15) is 5.58 Å². The van der Waals surface area contributed by atoms with Crippen LogP contribution in [0, 0.1) is 0 Å². The number of amides is 2. The molecule has 1 heterocycles. The predicted molar refractivity (Wildman–Crippen MR) is 50.0 cm³/mol. The third-order valence-corrected chi connectivity index (χ3v) is 1.36. The van der Waals surface area contributed by atoms with E-state index in [-0.39, 0.29) is 0 Å². The van der Waals surface area contributed by atoms with Gasteiger partial charge in [0.05, 0.1) is 6.26 Å². The lowest BCUT2D eigenvalue weighted by Crippen LogP contribution is -2.18. The van der Waals surface area contributed by atoms with Crippen molar-refractivity contribution in [2.75, 3.05) is 0 Å². The average Bonchev–Trinajstić information content (AvgIpc) is 2.49. The molecule has 0 unspecified atom stereocenters. The summed E-state index contributed by atoms with van der Waals surface area (Å²) in [6.07, 6.45) is 1.70. The van der Waals surface area contributed by atoms with Gasteiger partial charge in [0.15, 0.2) is 0 Å². The smallest absolute Gasteiger partial charge is 0.309 e. The molecule has 4 N–H and O–H groups in total. The number of carbonyl (C=O) groups is 1. The molecule has 0 radical (unpaired) electrons. The van der Waals surface area contributed by atoms with Gasteiger partial charge in [-0.25, -0.2) is 4.79 Å². The Morgan fingerprint density at radius 3 is 2.38 bits per heavy atom. The Kier molecular flexibility index (Phi) is 2.92. The van der Waals surface area contributed by atoms with Crippen molar-refractivity contribution < 1.29 is 9.21 Å². The molecule has 0 fully saturated rings. The largest absolute Gasteiger partial charge is 0.464 e. The maximum atomic E-state index is 9.00. The third-order valence-electron chi connectivity index (χ3n) is 1.36. The van der Waals surface area contributed by atoms with Gasteiger partial charge in [-0.15, -0.1) is 0 Å². The highest BCUT2D eigenvalue weighted by molar-refractivity contribution is 5.76. The highest BCUT2D eigenvalue weighted by Crippen LogP contribution is 2.12. The lowest BCUT2D eigenvalue weighted by molar-refractivity contribution is 0.256. The van der Waals surface area contributed by atoms with Crippen molar-refractivity contribution in [2.45, 2.75) is 0 Å². The molecule has 0 aliphatic carbocycles. The molecule has 2 amide bonds. The van der Waals surface area contributed by atoms with E-state index < -0.39 is 6.03 Å². The van der Waals surface area contributed by atoms with Crippen molar-refractivity contribution in [3.8, 4) is 0 Å². The summed E-state index contributed by atoms with van der Waals surface area (Å²) in [5.41, 5.74) is 9.46. The molecule has 0 aliphatic rings. The van der Waals surface area contributed by atoms with Crippen LogP contribution < -0.4 is 11.5 Å². The van der Waals surface area contributed by atoms with Gasteiger partial charge in [-0.1, -0.05) is 18.2 Å². The van der Waals surface area contributed by atoms with Gasteiger partial charge in [0, 0.05) is 5.39 Å². The van der Waals surface area contributed by atoms with Gasteiger partial charge >= 0.3 is 6.03 Å². The third kappa shape index (κ3) is 2.86. The molecule has 1 aromatic carbocycles. The fourth-order valence-corrected chi connectivity index (χ4v) is 0.906. The fraction of sp³-hybridized carbons (Fsp3) is 0. The summed E-state index contributed by atoms with van der Waals surface area (Å²) < 4.78 is 5.12. The lowest BCUT2D eigenvalue weighted by Gasteiger charge is -1.81. The number of carbonyl (C=O) groups excluding carboxylic acids is 1. The van der Waals surface area contributed by atoms with Crippen LogP contribution in [0.4, 0.5) is 4.79 Å². The molecule has 2 rings (SSSR count). The minimum absolute atomic E-state index is 0.833. The maximum absolute atomic E-state index is 9.00.